The molecule has 2 aromatic rings. The molecule has 1 saturated heterocycles. The molecule has 1 heterocycles. The van der Waals surface area contributed by atoms with Gasteiger partial charge in [-0.1, -0.05) is 18.2 Å². The molecule has 9 heteroatoms. The molecule has 1 saturated carbocycles. The number of carbonyl (C=O) groups excluding carboxylic acids is 2. The smallest absolute Gasteiger partial charge is 0.411 e. The average molecular weight is 528 g/mol. The first kappa shape index (κ1) is 26.9. The molecule has 2 bridgehead atoms. The Balaban J connectivity index is 1.46. The van der Waals surface area contributed by atoms with Crippen LogP contribution in [0.1, 0.15) is 45.6 Å². The van der Waals surface area contributed by atoms with Gasteiger partial charge in [0.15, 0.2) is 0 Å². The largest absolute Gasteiger partial charge is 0.444 e. The molecule has 2 aliphatic rings. The zero-order valence-electron chi connectivity index (χ0n) is 21.4. The van der Waals surface area contributed by atoms with Crippen molar-refractivity contribution in [3.63, 3.8) is 0 Å². The Hall–Kier alpha value is -3.12. The minimum atomic E-state index is -0.971. The number of halogens is 2. The number of thioether (sulfide) groups is 1. The van der Waals surface area contributed by atoms with Crippen molar-refractivity contribution in [3.05, 3.63) is 53.6 Å². The van der Waals surface area contributed by atoms with Crippen molar-refractivity contribution in [1.82, 2.24) is 10.2 Å². The zero-order valence-corrected chi connectivity index (χ0v) is 22.2. The SMILES string of the molecule is CSc1cc(-c2ccc(C[C@@H](C#N)NC(=O)[C@@H]3[C@H]4CC[C@H](C4)N3C(=O)OC(C)(C)C)c(F)c2)ccc1F. The summed E-state index contributed by atoms with van der Waals surface area (Å²) in [4.78, 5) is 28.1. The van der Waals surface area contributed by atoms with Gasteiger partial charge < -0.3 is 10.1 Å². The summed E-state index contributed by atoms with van der Waals surface area (Å²) in [6.07, 6.45) is 3.59. The van der Waals surface area contributed by atoms with Gasteiger partial charge in [-0.25, -0.2) is 13.6 Å². The Labute approximate surface area is 220 Å². The molecule has 2 aromatic carbocycles. The van der Waals surface area contributed by atoms with Crippen LogP contribution in [0.2, 0.25) is 0 Å². The van der Waals surface area contributed by atoms with E-state index >= 15 is 4.39 Å². The number of hydrogen-bond donors (Lipinski definition) is 1. The van der Waals surface area contributed by atoms with Gasteiger partial charge in [-0.3, -0.25) is 9.69 Å². The van der Waals surface area contributed by atoms with Crippen LogP contribution in [-0.2, 0) is 16.0 Å². The van der Waals surface area contributed by atoms with Crippen LogP contribution in [0.5, 0.6) is 0 Å². The van der Waals surface area contributed by atoms with Crippen LogP contribution in [0.15, 0.2) is 41.3 Å². The van der Waals surface area contributed by atoms with Crippen LogP contribution in [0, 0.1) is 28.9 Å². The van der Waals surface area contributed by atoms with Crippen LogP contribution in [0.3, 0.4) is 0 Å². The van der Waals surface area contributed by atoms with Gasteiger partial charge in [-0.15, -0.1) is 11.8 Å². The Bertz CT molecular complexity index is 1240. The van der Waals surface area contributed by atoms with Gasteiger partial charge in [0.05, 0.1) is 6.07 Å². The molecule has 0 aromatic heterocycles. The molecule has 1 aliphatic heterocycles. The number of ether oxygens (including phenoxy) is 1. The summed E-state index contributed by atoms with van der Waals surface area (Å²) in [7, 11) is 0. The number of hydrogen-bond acceptors (Lipinski definition) is 5. The summed E-state index contributed by atoms with van der Waals surface area (Å²) in [5.74, 6) is -1.26. The third-order valence-electron chi connectivity index (χ3n) is 6.89. The van der Waals surface area contributed by atoms with E-state index in [0.717, 1.165) is 19.3 Å². The number of rotatable bonds is 6. The fourth-order valence-electron chi connectivity index (χ4n) is 5.24. The molecule has 0 spiro atoms. The lowest BCUT2D eigenvalue weighted by Gasteiger charge is -2.35. The van der Waals surface area contributed by atoms with Gasteiger partial charge >= 0.3 is 6.09 Å². The van der Waals surface area contributed by atoms with Gasteiger partial charge in [0.2, 0.25) is 5.91 Å². The summed E-state index contributed by atoms with van der Waals surface area (Å²) in [5.41, 5.74) is 0.854. The lowest BCUT2D eigenvalue weighted by molar-refractivity contribution is -0.128. The highest BCUT2D eigenvalue weighted by molar-refractivity contribution is 7.98. The van der Waals surface area contributed by atoms with Crippen molar-refractivity contribution in [3.8, 4) is 17.2 Å². The second-order valence-corrected chi connectivity index (χ2v) is 11.5. The number of carbonyl (C=O) groups is 2. The van der Waals surface area contributed by atoms with Crippen LogP contribution in [0.25, 0.3) is 11.1 Å². The number of nitriles is 1. The van der Waals surface area contributed by atoms with Gasteiger partial charge in [-0.05, 0) is 87.1 Å². The Morgan fingerprint density at radius 2 is 1.86 bits per heavy atom. The van der Waals surface area contributed by atoms with Gasteiger partial charge in [0.25, 0.3) is 0 Å². The number of piperidine rings is 1. The van der Waals surface area contributed by atoms with Crippen LogP contribution < -0.4 is 5.32 Å². The number of likely N-dealkylation sites (tertiary alicyclic amines) is 1. The Morgan fingerprint density at radius 3 is 2.51 bits per heavy atom. The van der Waals surface area contributed by atoms with Crippen molar-refractivity contribution in [2.75, 3.05) is 6.26 Å². The van der Waals surface area contributed by atoms with E-state index in [1.165, 1.54) is 28.8 Å². The second-order valence-electron chi connectivity index (χ2n) is 10.6. The summed E-state index contributed by atoms with van der Waals surface area (Å²) in [6, 6.07) is 9.56. The normalized spacial score (nSPS) is 21.4. The maximum atomic E-state index is 15.0. The molecule has 6 nitrogen and oxygen atoms in total. The molecule has 196 valence electrons. The lowest BCUT2D eigenvalue weighted by atomic mass is 9.97. The number of fused-ring (bicyclic) bond motifs is 2. The van der Waals surface area contributed by atoms with Crippen molar-refractivity contribution in [2.45, 2.75) is 75.1 Å². The van der Waals surface area contributed by atoms with Crippen LogP contribution in [0.4, 0.5) is 13.6 Å². The second kappa shape index (κ2) is 10.7. The first-order chi connectivity index (χ1) is 17.5. The molecule has 37 heavy (non-hydrogen) atoms. The van der Waals surface area contributed by atoms with E-state index in [0.29, 0.717) is 16.0 Å². The first-order valence-corrected chi connectivity index (χ1v) is 13.6. The molecule has 4 rings (SSSR count). The highest BCUT2D eigenvalue weighted by Crippen LogP contribution is 2.43. The van der Waals surface area contributed by atoms with Gasteiger partial charge in [-0.2, -0.15) is 5.26 Å². The number of benzene rings is 2. The molecule has 0 radical (unpaired) electrons. The highest BCUT2D eigenvalue weighted by Gasteiger charge is 2.52. The zero-order chi connectivity index (χ0) is 26.9. The maximum absolute atomic E-state index is 15.0. The number of nitrogens with zero attached hydrogens (tertiary/aromatic N) is 2. The van der Waals surface area contributed by atoms with E-state index in [9.17, 15) is 19.2 Å². The molecule has 4 atom stereocenters. The van der Waals surface area contributed by atoms with E-state index in [-0.39, 0.29) is 29.8 Å². The third-order valence-corrected chi connectivity index (χ3v) is 7.64. The minimum Gasteiger partial charge on any atom is -0.444 e. The minimum absolute atomic E-state index is 0.00904. The number of nitrogens with one attached hydrogen (secondary N) is 1. The molecule has 0 unspecified atom stereocenters. The lowest BCUT2D eigenvalue weighted by Crippen LogP contribution is -2.55. The standard InChI is InChI=1S/C28H31F2N3O3S/c1-28(2,3)36-27(35)33-21-9-7-19(12-21)25(33)26(34)32-20(15-31)11-18-6-5-16(13-23(18)30)17-8-10-22(29)24(14-17)37-4/h5-6,8,10,13-14,19-21,25H,7,9,11-12H2,1-4H3,(H,32,34)/t19-,20-,21+,25-/m0/s1. The number of amides is 2. The predicted molar refractivity (Wildman–Crippen MR) is 138 cm³/mol. The predicted octanol–water partition coefficient (Wildman–Crippen LogP) is 5.69. The fraction of sp³-hybridized carbons (Fsp3) is 0.464. The summed E-state index contributed by atoms with van der Waals surface area (Å²) < 4.78 is 34.4. The fourth-order valence-corrected chi connectivity index (χ4v) is 5.75. The van der Waals surface area contributed by atoms with Crippen molar-refractivity contribution in [1.29, 1.82) is 5.26 Å². The first-order valence-electron chi connectivity index (χ1n) is 12.3. The quantitative estimate of drug-likeness (QED) is 0.488. The molecular weight excluding hydrogens is 496 g/mol. The molecule has 2 fully saturated rings. The molecule has 1 aliphatic carbocycles. The molecule has 2 amide bonds. The maximum Gasteiger partial charge on any atom is 0.411 e. The van der Waals surface area contributed by atoms with Crippen LogP contribution in [-0.4, -0.2) is 46.9 Å². The molecular formula is C28H31F2N3O3S. The third kappa shape index (κ3) is 5.90. The Kier molecular flexibility index (Phi) is 7.79. The van der Waals surface area contributed by atoms with Crippen LogP contribution >= 0.6 is 11.8 Å². The monoisotopic (exact) mass is 527 g/mol. The van der Waals surface area contributed by atoms with Crippen molar-refractivity contribution >= 4 is 23.8 Å². The summed E-state index contributed by atoms with van der Waals surface area (Å²) in [6.45, 7) is 5.33. The van der Waals surface area contributed by atoms with Gasteiger partial charge in [0.1, 0.15) is 29.3 Å². The van der Waals surface area contributed by atoms with Crippen molar-refractivity contribution in [2.24, 2.45) is 5.92 Å². The van der Waals surface area contributed by atoms with Gasteiger partial charge in [0, 0.05) is 17.4 Å². The summed E-state index contributed by atoms with van der Waals surface area (Å²) in [5, 5.41) is 12.4. The van der Waals surface area contributed by atoms with E-state index in [4.69, 9.17) is 4.74 Å². The van der Waals surface area contributed by atoms with Crippen molar-refractivity contribution < 1.29 is 23.1 Å². The average Bonchev–Trinajstić information content (AvgIpc) is 3.46. The van der Waals surface area contributed by atoms with E-state index in [1.807, 2.05) is 6.07 Å². The highest BCUT2D eigenvalue weighted by atomic mass is 32.2. The van der Waals surface area contributed by atoms with E-state index in [1.54, 1.807) is 51.3 Å². The Morgan fingerprint density at radius 1 is 1.16 bits per heavy atom. The van der Waals surface area contributed by atoms with E-state index in [2.05, 4.69) is 5.32 Å². The summed E-state index contributed by atoms with van der Waals surface area (Å²) >= 11 is 1.27. The molecule has 1 N–H and O–H groups in total. The van der Waals surface area contributed by atoms with E-state index < -0.39 is 35.5 Å². The topological polar surface area (TPSA) is 82.4 Å².